The molecule has 1 aromatic heterocycles. The Morgan fingerprint density at radius 1 is 0.938 bits per heavy atom. The van der Waals surface area contributed by atoms with Crippen LogP contribution in [0.25, 0.3) is 0 Å². The number of likely N-dealkylation sites (N-methyl/N-ethyl adjacent to an activating group) is 1. The smallest absolute Gasteiger partial charge is 0.289 e. The van der Waals surface area contributed by atoms with Crippen LogP contribution >= 0.6 is 0 Å². The van der Waals surface area contributed by atoms with Gasteiger partial charge in [0.15, 0.2) is 5.76 Å². The number of carbonyl (C=O) groups excluding carboxylic acids is 1. The van der Waals surface area contributed by atoms with Crippen molar-refractivity contribution in [3.8, 4) is 5.75 Å². The van der Waals surface area contributed by atoms with Gasteiger partial charge in [0.25, 0.3) is 16.1 Å². The summed E-state index contributed by atoms with van der Waals surface area (Å²) in [4.78, 5) is 16.5. The van der Waals surface area contributed by atoms with Crippen LogP contribution in [0.1, 0.15) is 16.3 Å². The summed E-state index contributed by atoms with van der Waals surface area (Å²) in [6.07, 6.45) is 0. The number of carbonyl (C=O) groups is 1. The Morgan fingerprint density at radius 3 is 2.16 bits per heavy atom. The Morgan fingerprint density at radius 2 is 1.53 bits per heavy atom. The zero-order valence-corrected chi connectivity index (χ0v) is 18.8. The quantitative estimate of drug-likeness (QED) is 0.637. The minimum atomic E-state index is -3.52. The molecule has 0 spiro atoms. The average molecular weight is 467 g/mol. The van der Waals surface area contributed by atoms with Crippen molar-refractivity contribution in [3.63, 3.8) is 0 Å². The first kappa shape index (κ1) is 22.7. The lowest BCUT2D eigenvalue weighted by Crippen LogP contribution is -2.57. The van der Waals surface area contributed by atoms with E-state index in [9.17, 15) is 17.6 Å². The fourth-order valence-electron chi connectivity index (χ4n) is 3.72. The molecule has 2 aliphatic rings. The Bertz CT molecular complexity index is 1030. The number of rotatable bonds is 6. The molecule has 174 valence electrons. The molecule has 0 aliphatic carbocycles. The van der Waals surface area contributed by atoms with Crippen LogP contribution < -0.4 is 4.74 Å². The summed E-state index contributed by atoms with van der Waals surface area (Å²) in [6, 6.07) is 8.87. The first-order valence-corrected chi connectivity index (χ1v) is 11.9. The molecule has 0 radical (unpaired) electrons. The van der Waals surface area contributed by atoms with Gasteiger partial charge >= 0.3 is 0 Å². The molecule has 9 nitrogen and oxygen atoms in total. The molecule has 0 bridgehead atoms. The van der Waals surface area contributed by atoms with E-state index in [4.69, 9.17) is 9.15 Å². The van der Waals surface area contributed by atoms with Crippen LogP contribution in [0, 0.1) is 5.82 Å². The maximum atomic E-state index is 13.0. The lowest BCUT2D eigenvalue weighted by molar-refractivity contribution is 0.0656. The number of halogens is 1. The van der Waals surface area contributed by atoms with E-state index in [2.05, 4.69) is 4.90 Å². The van der Waals surface area contributed by atoms with Gasteiger partial charge in [-0.1, -0.05) is 0 Å². The number of amides is 1. The lowest BCUT2D eigenvalue weighted by atomic mass is 10.3. The van der Waals surface area contributed by atoms with Crippen molar-refractivity contribution in [2.45, 2.75) is 6.61 Å². The summed E-state index contributed by atoms with van der Waals surface area (Å²) in [5, 5.41) is 0. The van der Waals surface area contributed by atoms with Gasteiger partial charge in [-0.25, -0.2) is 4.39 Å². The van der Waals surface area contributed by atoms with Crippen LogP contribution in [0.3, 0.4) is 0 Å². The highest BCUT2D eigenvalue weighted by Crippen LogP contribution is 2.19. The van der Waals surface area contributed by atoms with Crippen molar-refractivity contribution in [2.24, 2.45) is 0 Å². The van der Waals surface area contributed by atoms with Gasteiger partial charge in [-0.2, -0.15) is 17.0 Å². The molecular weight excluding hydrogens is 439 g/mol. The maximum Gasteiger partial charge on any atom is 0.289 e. The highest BCUT2D eigenvalue weighted by molar-refractivity contribution is 7.86. The summed E-state index contributed by atoms with van der Waals surface area (Å²) in [7, 11) is -1.54. The van der Waals surface area contributed by atoms with Gasteiger partial charge in [0.1, 0.15) is 23.9 Å². The van der Waals surface area contributed by atoms with Crippen LogP contribution in [0.2, 0.25) is 0 Å². The molecule has 0 saturated carbocycles. The highest BCUT2D eigenvalue weighted by Gasteiger charge is 2.35. The number of ether oxygens (including phenoxy) is 1. The zero-order valence-electron chi connectivity index (χ0n) is 17.9. The van der Waals surface area contributed by atoms with Crippen molar-refractivity contribution in [1.29, 1.82) is 0 Å². The molecule has 0 atom stereocenters. The van der Waals surface area contributed by atoms with Crippen molar-refractivity contribution in [3.05, 3.63) is 53.7 Å². The van der Waals surface area contributed by atoms with E-state index in [0.717, 1.165) is 0 Å². The zero-order chi connectivity index (χ0) is 22.7. The van der Waals surface area contributed by atoms with Crippen LogP contribution in [0.4, 0.5) is 4.39 Å². The number of piperazine rings is 2. The van der Waals surface area contributed by atoms with Crippen LogP contribution in [0.15, 0.2) is 40.8 Å². The molecule has 4 rings (SSSR count). The largest absolute Gasteiger partial charge is 0.486 e. The molecule has 32 heavy (non-hydrogen) atoms. The molecule has 0 unspecified atom stereocenters. The second-order valence-corrected chi connectivity index (χ2v) is 9.84. The molecule has 2 saturated heterocycles. The minimum absolute atomic E-state index is 0.107. The molecule has 1 amide bonds. The monoisotopic (exact) mass is 466 g/mol. The molecule has 1 aromatic carbocycles. The van der Waals surface area contributed by atoms with Gasteiger partial charge in [0.2, 0.25) is 0 Å². The number of benzene rings is 1. The van der Waals surface area contributed by atoms with E-state index in [1.54, 1.807) is 17.0 Å². The van der Waals surface area contributed by atoms with Crippen molar-refractivity contribution >= 4 is 16.1 Å². The van der Waals surface area contributed by atoms with Crippen molar-refractivity contribution in [1.82, 2.24) is 18.4 Å². The molecule has 0 N–H and O–H groups in total. The van der Waals surface area contributed by atoms with Gasteiger partial charge in [-0.05, 0) is 43.4 Å². The minimum Gasteiger partial charge on any atom is -0.486 e. The Balaban J connectivity index is 1.29. The first-order valence-electron chi connectivity index (χ1n) is 10.5. The molecule has 11 heteroatoms. The summed E-state index contributed by atoms with van der Waals surface area (Å²) in [5.41, 5.74) is 0. The lowest BCUT2D eigenvalue weighted by Gasteiger charge is -2.38. The third-order valence-electron chi connectivity index (χ3n) is 5.71. The maximum absolute atomic E-state index is 13.0. The topological polar surface area (TPSA) is 86.5 Å². The van der Waals surface area contributed by atoms with Crippen LogP contribution in [-0.4, -0.2) is 92.1 Å². The van der Waals surface area contributed by atoms with E-state index in [1.807, 2.05) is 7.05 Å². The fraction of sp³-hybridized carbons (Fsp3) is 0.476. The standard InChI is InChI=1S/C21H27FN4O5S/c1-23-8-12-25(13-9-23)32(28,29)26-14-10-24(11-15-26)21(27)20-7-6-19(31-20)16-30-18-4-2-17(22)3-5-18/h2-7H,8-16H2,1H3. The highest BCUT2D eigenvalue weighted by atomic mass is 32.2. The van der Waals surface area contributed by atoms with E-state index < -0.39 is 10.2 Å². The van der Waals surface area contributed by atoms with Crippen LogP contribution in [0.5, 0.6) is 5.75 Å². The summed E-state index contributed by atoms with van der Waals surface area (Å²) >= 11 is 0. The van der Waals surface area contributed by atoms with Gasteiger partial charge in [0, 0.05) is 52.4 Å². The Hall–Kier alpha value is -2.47. The van der Waals surface area contributed by atoms with Crippen molar-refractivity contribution < 1.29 is 26.8 Å². The molecule has 2 aromatic rings. The Kier molecular flexibility index (Phi) is 6.79. The van der Waals surface area contributed by atoms with E-state index in [-0.39, 0.29) is 37.2 Å². The number of nitrogens with zero attached hydrogens (tertiary/aromatic N) is 4. The van der Waals surface area contributed by atoms with Crippen LogP contribution in [-0.2, 0) is 16.8 Å². The number of hydrogen-bond acceptors (Lipinski definition) is 6. The van der Waals surface area contributed by atoms with Gasteiger partial charge in [0.05, 0.1) is 0 Å². The molecule has 2 fully saturated rings. The molecule has 3 heterocycles. The summed E-state index contributed by atoms with van der Waals surface area (Å²) in [6.45, 7) is 3.59. The third kappa shape index (κ3) is 5.12. The van der Waals surface area contributed by atoms with Gasteiger partial charge in [-0.15, -0.1) is 0 Å². The fourth-order valence-corrected chi connectivity index (χ4v) is 5.29. The van der Waals surface area contributed by atoms with Gasteiger partial charge in [-0.3, -0.25) is 4.79 Å². The number of furan rings is 1. The first-order chi connectivity index (χ1) is 15.3. The van der Waals surface area contributed by atoms with E-state index in [1.165, 1.54) is 32.9 Å². The predicted molar refractivity (Wildman–Crippen MR) is 115 cm³/mol. The van der Waals surface area contributed by atoms with E-state index in [0.29, 0.717) is 50.8 Å². The SMILES string of the molecule is CN1CCN(S(=O)(=O)N2CCN(C(=O)c3ccc(COc4ccc(F)cc4)o3)CC2)CC1. The molecular formula is C21H27FN4O5S. The van der Waals surface area contributed by atoms with Crippen molar-refractivity contribution in [2.75, 3.05) is 59.4 Å². The third-order valence-corrected chi connectivity index (χ3v) is 7.74. The summed E-state index contributed by atoms with van der Waals surface area (Å²) < 4.78 is 52.8. The average Bonchev–Trinajstić information content (AvgIpc) is 3.28. The van der Waals surface area contributed by atoms with E-state index >= 15 is 0 Å². The molecule has 2 aliphatic heterocycles. The van der Waals surface area contributed by atoms with Gasteiger partial charge < -0.3 is 19.0 Å². The predicted octanol–water partition coefficient (Wildman–Crippen LogP) is 1.25. The second kappa shape index (κ2) is 9.57. The normalized spacial score (nSPS) is 19.2. The second-order valence-electron chi connectivity index (χ2n) is 7.91. The Labute approximate surface area is 187 Å². The summed E-state index contributed by atoms with van der Waals surface area (Å²) in [5.74, 6) is 0.509. The number of hydrogen-bond donors (Lipinski definition) is 0.